The highest BCUT2D eigenvalue weighted by atomic mass is 32.1. The molecule has 0 radical (unpaired) electrons. The van der Waals surface area contributed by atoms with Crippen molar-refractivity contribution in [3.05, 3.63) is 29.3 Å². The van der Waals surface area contributed by atoms with Gasteiger partial charge in [-0.1, -0.05) is 38.8 Å². The molecule has 2 aromatic rings. The number of hydrogen-bond acceptors (Lipinski definition) is 3. The fourth-order valence-corrected chi connectivity index (χ4v) is 4.37. The molecule has 1 atom stereocenters. The van der Waals surface area contributed by atoms with E-state index in [4.69, 9.17) is 4.98 Å². The van der Waals surface area contributed by atoms with Crippen LogP contribution >= 0.6 is 11.3 Å². The van der Waals surface area contributed by atoms with Gasteiger partial charge in [-0.05, 0) is 37.4 Å². The van der Waals surface area contributed by atoms with Crippen molar-refractivity contribution in [1.29, 1.82) is 0 Å². The molecule has 2 heterocycles. The topological polar surface area (TPSA) is 24.9 Å². The Morgan fingerprint density at radius 1 is 1.25 bits per heavy atom. The predicted molar refractivity (Wildman–Crippen MR) is 87.4 cm³/mol. The molecule has 1 aliphatic heterocycles. The first-order valence-corrected chi connectivity index (χ1v) is 8.61. The van der Waals surface area contributed by atoms with Crippen LogP contribution in [0.5, 0.6) is 0 Å². The number of thiazole rings is 1. The maximum Gasteiger partial charge on any atom is 0.0957 e. The minimum absolute atomic E-state index is 0.240. The zero-order valence-electron chi connectivity index (χ0n) is 12.5. The summed E-state index contributed by atoms with van der Waals surface area (Å²) in [5, 5.41) is 5.14. The Kier molecular flexibility index (Phi) is 4.08. The van der Waals surface area contributed by atoms with E-state index in [0.29, 0.717) is 5.92 Å². The monoisotopic (exact) mass is 288 g/mol. The maximum atomic E-state index is 4.84. The molecule has 0 saturated carbocycles. The molecule has 1 aromatic heterocycles. The lowest BCUT2D eigenvalue weighted by Crippen LogP contribution is -2.50. The Bertz CT molecular complexity index is 532. The summed E-state index contributed by atoms with van der Waals surface area (Å²) in [6.45, 7) is 5.86. The summed E-state index contributed by atoms with van der Waals surface area (Å²) in [6, 6.07) is 8.48. The summed E-state index contributed by atoms with van der Waals surface area (Å²) in [5.74, 6) is 0.646. The van der Waals surface area contributed by atoms with E-state index in [9.17, 15) is 0 Å². The van der Waals surface area contributed by atoms with Gasteiger partial charge < -0.3 is 5.32 Å². The third kappa shape index (κ3) is 2.75. The summed E-state index contributed by atoms with van der Waals surface area (Å²) in [7, 11) is 0. The van der Waals surface area contributed by atoms with Gasteiger partial charge in [0.15, 0.2) is 0 Å². The van der Waals surface area contributed by atoms with Crippen molar-refractivity contribution in [1.82, 2.24) is 10.3 Å². The molecular weight excluding hydrogens is 264 g/mol. The molecular formula is C17H24N2S. The number of aromatic nitrogens is 1. The van der Waals surface area contributed by atoms with E-state index in [-0.39, 0.29) is 5.54 Å². The molecule has 20 heavy (non-hydrogen) atoms. The summed E-state index contributed by atoms with van der Waals surface area (Å²) in [5.41, 5.74) is 1.39. The molecule has 3 rings (SSSR count). The Hall–Kier alpha value is -0.930. The fourth-order valence-electron chi connectivity index (χ4n) is 3.28. The predicted octanol–water partition coefficient (Wildman–Crippen LogP) is 4.40. The maximum absolute atomic E-state index is 4.84. The molecule has 1 aromatic carbocycles. The van der Waals surface area contributed by atoms with Crippen LogP contribution in [0.4, 0.5) is 0 Å². The number of nitrogens with one attached hydrogen (secondary N) is 1. The summed E-state index contributed by atoms with van der Waals surface area (Å²) >= 11 is 1.86. The molecule has 1 unspecified atom stereocenters. The first-order valence-electron chi connectivity index (χ1n) is 7.79. The van der Waals surface area contributed by atoms with E-state index in [1.165, 1.54) is 35.4 Å². The van der Waals surface area contributed by atoms with Crippen molar-refractivity contribution in [2.75, 3.05) is 6.54 Å². The van der Waals surface area contributed by atoms with Crippen molar-refractivity contribution in [3.63, 3.8) is 0 Å². The SMILES string of the molecule is CC(C)C1(Cc2nc3ccccc3s2)CCCCCN1. The highest BCUT2D eigenvalue weighted by Crippen LogP contribution is 2.33. The number of nitrogens with zero attached hydrogens (tertiary/aromatic N) is 1. The van der Waals surface area contributed by atoms with Crippen LogP contribution in [0.25, 0.3) is 10.2 Å². The van der Waals surface area contributed by atoms with Crippen molar-refractivity contribution in [2.45, 2.75) is 51.5 Å². The van der Waals surface area contributed by atoms with Gasteiger partial charge in [0.05, 0.1) is 15.2 Å². The number of rotatable bonds is 3. The molecule has 108 valence electrons. The van der Waals surface area contributed by atoms with E-state index in [2.05, 4.69) is 43.4 Å². The van der Waals surface area contributed by atoms with E-state index in [0.717, 1.165) is 18.5 Å². The van der Waals surface area contributed by atoms with Gasteiger partial charge in [0, 0.05) is 12.0 Å². The summed E-state index contributed by atoms with van der Waals surface area (Å²) in [6.07, 6.45) is 6.37. The number of fused-ring (bicyclic) bond motifs is 1. The molecule has 1 aliphatic rings. The lowest BCUT2D eigenvalue weighted by molar-refractivity contribution is 0.226. The minimum Gasteiger partial charge on any atom is -0.311 e. The second kappa shape index (κ2) is 5.82. The van der Waals surface area contributed by atoms with Gasteiger partial charge in [-0.25, -0.2) is 4.98 Å². The van der Waals surface area contributed by atoms with Crippen molar-refractivity contribution in [3.8, 4) is 0 Å². The number of benzene rings is 1. The lowest BCUT2D eigenvalue weighted by atomic mass is 9.80. The third-order valence-corrected chi connectivity index (χ3v) is 5.72. The van der Waals surface area contributed by atoms with Crippen molar-refractivity contribution >= 4 is 21.6 Å². The average Bonchev–Trinajstić information content (AvgIpc) is 2.67. The van der Waals surface area contributed by atoms with Crippen molar-refractivity contribution in [2.24, 2.45) is 5.92 Å². The van der Waals surface area contributed by atoms with Gasteiger partial charge in [0.1, 0.15) is 0 Å². The quantitative estimate of drug-likeness (QED) is 0.905. The Balaban J connectivity index is 1.88. The van der Waals surface area contributed by atoms with E-state index >= 15 is 0 Å². The molecule has 1 fully saturated rings. The lowest BCUT2D eigenvalue weighted by Gasteiger charge is -2.37. The largest absolute Gasteiger partial charge is 0.311 e. The van der Waals surface area contributed by atoms with Crippen LogP contribution in [0.3, 0.4) is 0 Å². The fraction of sp³-hybridized carbons (Fsp3) is 0.588. The standard InChI is InChI=1S/C17H24N2S/c1-13(2)17(10-6-3-7-11-18-17)12-16-19-14-8-4-5-9-15(14)20-16/h4-5,8-9,13,18H,3,6-7,10-12H2,1-2H3. The summed E-state index contributed by atoms with van der Waals surface area (Å²) in [4.78, 5) is 4.84. The molecule has 0 bridgehead atoms. The molecule has 2 nitrogen and oxygen atoms in total. The van der Waals surface area contributed by atoms with E-state index in [1.807, 2.05) is 11.3 Å². The smallest absolute Gasteiger partial charge is 0.0957 e. The first kappa shape index (κ1) is 14.0. The van der Waals surface area contributed by atoms with E-state index in [1.54, 1.807) is 0 Å². The third-order valence-electron chi connectivity index (χ3n) is 4.69. The van der Waals surface area contributed by atoms with Gasteiger partial charge in [0.2, 0.25) is 0 Å². The highest BCUT2D eigenvalue weighted by Gasteiger charge is 2.35. The molecule has 1 N–H and O–H groups in total. The molecule has 0 aliphatic carbocycles. The Morgan fingerprint density at radius 2 is 2.10 bits per heavy atom. The van der Waals surface area contributed by atoms with Crippen LogP contribution in [0.2, 0.25) is 0 Å². The zero-order valence-corrected chi connectivity index (χ0v) is 13.3. The first-order chi connectivity index (χ1) is 9.70. The summed E-state index contributed by atoms with van der Waals surface area (Å²) < 4.78 is 1.31. The van der Waals surface area contributed by atoms with Crippen LogP contribution in [0.15, 0.2) is 24.3 Å². The normalized spacial score (nSPS) is 24.1. The Morgan fingerprint density at radius 3 is 2.90 bits per heavy atom. The van der Waals surface area contributed by atoms with Crippen LogP contribution in [-0.2, 0) is 6.42 Å². The van der Waals surface area contributed by atoms with Crippen molar-refractivity contribution < 1.29 is 0 Å². The van der Waals surface area contributed by atoms with Gasteiger partial charge in [-0.2, -0.15) is 0 Å². The molecule has 0 spiro atoms. The van der Waals surface area contributed by atoms with Gasteiger partial charge in [-0.15, -0.1) is 11.3 Å². The zero-order chi connectivity index (χ0) is 14.0. The average molecular weight is 288 g/mol. The molecule has 0 amide bonds. The van der Waals surface area contributed by atoms with Crippen LogP contribution in [0, 0.1) is 5.92 Å². The van der Waals surface area contributed by atoms with Crippen LogP contribution < -0.4 is 5.32 Å². The molecule has 3 heteroatoms. The highest BCUT2D eigenvalue weighted by molar-refractivity contribution is 7.18. The minimum atomic E-state index is 0.240. The van der Waals surface area contributed by atoms with E-state index < -0.39 is 0 Å². The van der Waals surface area contributed by atoms with Gasteiger partial charge in [0.25, 0.3) is 0 Å². The number of para-hydroxylation sites is 1. The van der Waals surface area contributed by atoms with Crippen LogP contribution in [-0.4, -0.2) is 17.1 Å². The second-order valence-electron chi connectivity index (χ2n) is 6.30. The molecule has 1 saturated heterocycles. The van der Waals surface area contributed by atoms with Gasteiger partial charge >= 0.3 is 0 Å². The Labute approximate surface area is 125 Å². The second-order valence-corrected chi connectivity index (χ2v) is 7.42. The van der Waals surface area contributed by atoms with Gasteiger partial charge in [-0.3, -0.25) is 0 Å². The van der Waals surface area contributed by atoms with Crippen LogP contribution in [0.1, 0.15) is 44.5 Å². The number of hydrogen-bond donors (Lipinski definition) is 1.